The minimum atomic E-state index is -0.747. The van der Waals surface area contributed by atoms with Crippen LogP contribution in [-0.2, 0) is 25.7 Å². The van der Waals surface area contributed by atoms with Crippen molar-refractivity contribution in [3.05, 3.63) is 93.9 Å². The fourth-order valence-electron chi connectivity index (χ4n) is 2.87. The first kappa shape index (κ1) is 20.0. The van der Waals surface area contributed by atoms with E-state index in [1.807, 2.05) is 6.07 Å². The maximum atomic E-state index is 12.4. The van der Waals surface area contributed by atoms with Crippen LogP contribution in [-0.4, -0.2) is 17.0 Å². The van der Waals surface area contributed by atoms with Crippen molar-refractivity contribution in [2.45, 2.75) is 6.42 Å². The second-order valence-corrected chi connectivity index (χ2v) is 7.15. The van der Waals surface area contributed by atoms with Crippen LogP contribution in [0.25, 0.3) is 0 Å². The van der Waals surface area contributed by atoms with Gasteiger partial charge >= 0.3 is 11.9 Å². The third kappa shape index (κ3) is 4.33. The van der Waals surface area contributed by atoms with Crippen molar-refractivity contribution >= 4 is 46.5 Å². The Balaban J connectivity index is 1.45. The van der Waals surface area contributed by atoms with Gasteiger partial charge in [-0.2, -0.15) is 4.94 Å². The minimum absolute atomic E-state index is 0.118. The molecule has 0 unspecified atom stereocenters. The average Bonchev–Trinajstić information content (AvgIpc) is 3.20. The summed E-state index contributed by atoms with van der Waals surface area (Å²) in [6.45, 7) is 0. The van der Waals surface area contributed by atoms with Crippen LogP contribution in [0.15, 0.2) is 78.3 Å². The number of ether oxygens (including phenoxy) is 1. The molecule has 2 aromatic carbocycles. The number of anilines is 2. The number of carbonyl (C=O) groups is 2. The number of hydroxylamine groups is 3. The SMILES string of the molecule is O=C(Cc1ccccc1Nc1c(Cl)cccc1Cl)OC(=O)C1=CC2=CNON2C=C1. The van der Waals surface area contributed by atoms with E-state index in [1.54, 1.807) is 54.9 Å². The predicted molar refractivity (Wildman–Crippen MR) is 112 cm³/mol. The summed E-state index contributed by atoms with van der Waals surface area (Å²) in [7, 11) is 0. The zero-order valence-corrected chi connectivity index (χ0v) is 16.9. The number of esters is 2. The number of rotatable bonds is 5. The minimum Gasteiger partial charge on any atom is -0.389 e. The van der Waals surface area contributed by atoms with Gasteiger partial charge in [-0.15, -0.1) is 0 Å². The second kappa shape index (κ2) is 8.62. The molecule has 4 rings (SSSR count). The summed E-state index contributed by atoms with van der Waals surface area (Å²) in [5.41, 5.74) is 5.18. The molecule has 0 amide bonds. The van der Waals surface area contributed by atoms with Gasteiger partial charge in [-0.1, -0.05) is 47.5 Å². The van der Waals surface area contributed by atoms with Crippen molar-refractivity contribution in [3.8, 4) is 0 Å². The summed E-state index contributed by atoms with van der Waals surface area (Å²) in [5.74, 6) is -1.44. The van der Waals surface area contributed by atoms with Crippen LogP contribution in [0, 0.1) is 0 Å². The Labute approximate surface area is 182 Å². The molecule has 0 saturated heterocycles. The van der Waals surface area contributed by atoms with E-state index >= 15 is 0 Å². The molecule has 0 aliphatic carbocycles. The van der Waals surface area contributed by atoms with Gasteiger partial charge in [-0.3, -0.25) is 4.79 Å². The highest BCUT2D eigenvalue weighted by Crippen LogP contribution is 2.33. The molecule has 0 bridgehead atoms. The molecule has 0 spiro atoms. The van der Waals surface area contributed by atoms with Crippen LogP contribution in [0.3, 0.4) is 0 Å². The van der Waals surface area contributed by atoms with Crippen LogP contribution in [0.2, 0.25) is 10.0 Å². The fraction of sp³-hybridized carbons (Fsp3) is 0.0476. The van der Waals surface area contributed by atoms with E-state index in [0.29, 0.717) is 32.7 Å². The number of nitrogens with zero attached hydrogens (tertiary/aromatic N) is 1. The van der Waals surface area contributed by atoms with Gasteiger partial charge in [0, 0.05) is 11.9 Å². The van der Waals surface area contributed by atoms with Crippen LogP contribution in [0.1, 0.15) is 5.56 Å². The Morgan fingerprint density at radius 2 is 1.87 bits per heavy atom. The van der Waals surface area contributed by atoms with Crippen LogP contribution in [0.4, 0.5) is 11.4 Å². The molecule has 30 heavy (non-hydrogen) atoms. The number of nitrogens with one attached hydrogen (secondary N) is 2. The molecule has 0 atom stereocenters. The van der Waals surface area contributed by atoms with E-state index in [-0.39, 0.29) is 12.0 Å². The van der Waals surface area contributed by atoms with Crippen molar-refractivity contribution in [1.29, 1.82) is 0 Å². The number of hydrogen-bond donors (Lipinski definition) is 2. The van der Waals surface area contributed by atoms with Crippen LogP contribution < -0.4 is 10.8 Å². The molecule has 9 heteroatoms. The van der Waals surface area contributed by atoms with Gasteiger partial charge in [0.25, 0.3) is 0 Å². The van der Waals surface area contributed by atoms with Crippen molar-refractivity contribution in [1.82, 2.24) is 10.5 Å². The molecule has 2 aliphatic rings. The summed E-state index contributed by atoms with van der Waals surface area (Å²) in [6, 6.07) is 12.3. The molecule has 7 nitrogen and oxygen atoms in total. The van der Waals surface area contributed by atoms with E-state index in [4.69, 9.17) is 32.9 Å². The Hall–Kier alpha value is -3.26. The fourth-order valence-corrected chi connectivity index (χ4v) is 3.36. The summed E-state index contributed by atoms with van der Waals surface area (Å²) in [4.78, 5) is 29.8. The van der Waals surface area contributed by atoms with Crippen LogP contribution in [0.5, 0.6) is 0 Å². The quantitative estimate of drug-likeness (QED) is 0.523. The number of halogens is 2. The van der Waals surface area contributed by atoms with Crippen molar-refractivity contribution < 1.29 is 19.3 Å². The lowest BCUT2D eigenvalue weighted by Gasteiger charge is -2.16. The smallest absolute Gasteiger partial charge is 0.345 e. The predicted octanol–water partition coefficient (Wildman–Crippen LogP) is 4.40. The molecule has 0 saturated carbocycles. The first-order valence-electron chi connectivity index (χ1n) is 8.87. The monoisotopic (exact) mass is 443 g/mol. The number of carbonyl (C=O) groups excluding carboxylic acids is 2. The number of hydrogen-bond acceptors (Lipinski definition) is 7. The largest absolute Gasteiger partial charge is 0.389 e. The number of benzene rings is 2. The van der Waals surface area contributed by atoms with Gasteiger partial charge in [0.1, 0.15) is 0 Å². The molecule has 152 valence electrons. The Morgan fingerprint density at radius 3 is 2.67 bits per heavy atom. The van der Waals surface area contributed by atoms with E-state index in [1.165, 1.54) is 11.1 Å². The van der Waals surface area contributed by atoms with Gasteiger partial charge in [0.05, 0.1) is 39.6 Å². The lowest BCUT2D eigenvalue weighted by Crippen LogP contribution is -2.20. The molecular formula is C21H15Cl2N3O4. The van der Waals surface area contributed by atoms with E-state index < -0.39 is 11.9 Å². The Kier molecular flexibility index (Phi) is 5.76. The lowest BCUT2D eigenvalue weighted by molar-refractivity contribution is -0.156. The number of allylic oxidation sites excluding steroid dienone is 1. The second-order valence-electron chi connectivity index (χ2n) is 6.34. The van der Waals surface area contributed by atoms with E-state index in [0.717, 1.165) is 0 Å². The highest BCUT2D eigenvalue weighted by atomic mass is 35.5. The topological polar surface area (TPSA) is 79.9 Å². The number of fused-ring (bicyclic) bond motifs is 1. The first-order valence-corrected chi connectivity index (χ1v) is 9.62. The zero-order chi connectivity index (χ0) is 21.1. The van der Waals surface area contributed by atoms with Crippen LogP contribution >= 0.6 is 23.2 Å². The molecule has 2 aliphatic heterocycles. The molecule has 2 N–H and O–H groups in total. The molecular weight excluding hydrogens is 429 g/mol. The Morgan fingerprint density at radius 1 is 1.10 bits per heavy atom. The van der Waals surface area contributed by atoms with Gasteiger partial charge in [-0.05, 0) is 35.9 Å². The average molecular weight is 444 g/mol. The molecule has 2 heterocycles. The standard InChI is InChI=1S/C21H15Cl2N3O4/c22-16-5-3-6-17(23)20(16)25-18-7-2-1-4-13(18)11-19(27)29-21(28)14-8-9-26-15(10-14)12-24-30-26/h1-10,12,24-25H,11H2. The maximum absolute atomic E-state index is 12.4. The summed E-state index contributed by atoms with van der Waals surface area (Å²) in [6.07, 6.45) is 6.03. The van der Waals surface area contributed by atoms with E-state index in [9.17, 15) is 9.59 Å². The summed E-state index contributed by atoms with van der Waals surface area (Å²) in [5, 5.41) is 5.46. The molecule has 0 radical (unpaired) electrons. The third-order valence-electron chi connectivity index (χ3n) is 4.32. The lowest BCUT2D eigenvalue weighted by atomic mass is 10.1. The number of para-hydroxylation sites is 2. The van der Waals surface area contributed by atoms with Gasteiger partial charge in [-0.25, -0.2) is 15.3 Å². The maximum Gasteiger partial charge on any atom is 0.345 e. The highest BCUT2D eigenvalue weighted by Gasteiger charge is 2.22. The van der Waals surface area contributed by atoms with Crippen molar-refractivity contribution in [2.24, 2.45) is 0 Å². The normalized spacial score (nSPS) is 14.4. The van der Waals surface area contributed by atoms with Crippen molar-refractivity contribution in [2.75, 3.05) is 5.32 Å². The van der Waals surface area contributed by atoms with Crippen molar-refractivity contribution in [3.63, 3.8) is 0 Å². The molecule has 0 fully saturated rings. The molecule has 0 aromatic heterocycles. The molecule has 2 aromatic rings. The third-order valence-corrected chi connectivity index (χ3v) is 4.95. The van der Waals surface area contributed by atoms with Gasteiger partial charge in [0.2, 0.25) is 0 Å². The van der Waals surface area contributed by atoms with E-state index in [2.05, 4.69) is 10.8 Å². The summed E-state index contributed by atoms with van der Waals surface area (Å²) >= 11 is 12.4. The Bertz CT molecular complexity index is 1090. The van der Waals surface area contributed by atoms with Gasteiger partial charge < -0.3 is 10.1 Å². The van der Waals surface area contributed by atoms with Gasteiger partial charge in [0.15, 0.2) is 0 Å². The summed E-state index contributed by atoms with van der Waals surface area (Å²) < 4.78 is 5.01. The first-order chi connectivity index (χ1) is 14.5. The highest BCUT2D eigenvalue weighted by molar-refractivity contribution is 6.39. The zero-order valence-electron chi connectivity index (χ0n) is 15.4.